The topological polar surface area (TPSA) is 65.1 Å². The molecule has 0 bridgehead atoms. The van der Waals surface area contributed by atoms with Crippen molar-refractivity contribution in [3.8, 4) is 11.5 Å². The minimum atomic E-state index is -0.996. The third-order valence-electron chi connectivity index (χ3n) is 5.01. The van der Waals surface area contributed by atoms with Crippen molar-refractivity contribution in [3.05, 3.63) is 95.6 Å². The van der Waals surface area contributed by atoms with Gasteiger partial charge in [-0.15, -0.1) is 0 Å². The molecule has 1 amide bonds. The highest BCUT2D eigenvalue weighted by Crippen LogP contribution is 2.29. The summed E-state index contributed by atoms with van der Waals surface area (Å²) >= 11 is 0. The maximum Gasteiger partial charge on any atom is 0.346 e. The summed E-state index contributed by atoms with van der Waals surface area (Å²) in [6.45, 7) is 2.37. The van der Waals surface area contributed by atoms with E-state index in [0.29, 0.717) is 24.6 Å². The Morgan fingerprint density at radius 1 is 0.750 bits per heavy atom. The lowest BCUT2D eigenvalue weighted by Gasteiger charge is -2.26. The third-order valence-corrected chi connectivity index (χ3v) is 5.01. The lowest BCUT2D eigenvalue weighted by atomic mass is 10.1. The van der Waals surface area contributed by atoms with E-state index in [1.165, 1.54) is 14.2 Å². The highest BCUT2D eigenvalue weighted by molar-refractivity contribution is 5.97. The van der Waals surface area contributed by atoms with Crippen LogP contribution in [-0.4, -0.2) is 37.1 Å². The van der Waals surface area contributed by atoms with Crippen molar-refractivity contribution in [1.82, 2.24) is 4.90 Å². The van der Waals surface area contributed by atoms with Gasteiger partial charge in [0.15, 0.2) is 6.10 Å². The van der Waals surface area contributed by atoms with Gasteiger partial charge in [-0.3, -0.25) is 4.79 Å². The molecule has 0 spiro atoms. The molecule has 3 aromatic carbocycles. The van der Waals surface area contributed by atoms with E-state index in [2.05, 4.69) is 0 Å². The van der Waals surface area contributed by atoms with Crippen LogP contribution in [0.3, 0.4) is 0 Å². The minimum Gasteiger partial charge on any atom is -0.496 e. The van der Waals surface area contributed by atoms with E-state index < -0.39 is 12.1 Å². The molecule has 0 aromatic heterocycles. The molecule has 0 aliphatic rings. The number of methoxy groups -OCH3 is 2. The van der Waals surface area contributed by atoms with Gasteiger partial charge in [0.25, 0.3) is 5.91 Å². The molecule has 1 atom stereocenters. The van der Waals surface area contributed by atoms with Crippen molar-refractivity contribution in [2.24, 2.45) is 0 Å². The van der Waals surface area contributed by atoms with Gasteiger partial charge in [-0.25, -0.2) is 4.79 Å². The number of carbonyl (C=O) groups is 2. The van der Waals surface area contributed by atoms with E-state index in [-0.39, 0.29) is 11.5 Å². The predicted molar refractivity (Wildman–Crippen MR) is 122 cm³/mol. The summed E-state index contributed by atoms with van der Waals surface area (Å²) in [6, 6.07) is 24.4. The van der Waals surface area contributed by atoms with Crippen LogP contribution in [0.5, 0.6) is 11.5 Å². The summed E-state index contributed by atoms with van der Waals surface area (Å²) in [6.07, 6.45) is -0.996. The quantitative estimate of drug-likeness (QED) is 0.466. The molecule has 0 fully saturated rings. The van der Waals surface area contributed by atoms with Crippen molar-refractivity contribution in [2.75, 3.05) is 14.2 Å². The number of nitrogens with zero attached hydrogens (tertiary/aromatic N) is 1. The van der Waals surface area contributed by atoms with Crippen molar-refractivity contribution < 1.29 is 23.8 Å². The average molecular weight is 434 g/mol. The smallest absolute Gasteiger partial charge is 0.346 e. The van der Waals surface area contributed by atoms with E-state index >= 15 is 0 Å². The lowest BCUT2D eigenvalue weighted by molar-refractivity contribution is -0.141. The van der Waals surface area contributed by atoms with Crippen LogP contribution in [0.15, 0.2) is 78.9 Å². The van der Waals surface area contributed by atoms with Crippen LogP contribution in [0.4, 0.5) is 0 Å². The fourth-order valence-electron chi connectivity index (χ4n) is 3.40. The van der Waals surface area contributed by atoms with Crippen molar-refractivity contribution in [3.63, 3.8) is 0 Å². The normalized spacial score (nSPS) is 11.3. The summed E-state index contributed by atoms with van der Waals surface area (Å²) in [7, 11) is 2.92. The molecule has 32 heavy (non-hydrogen) atoms. The number of hydrogen-bond acceptors (Lipinski definition) is 5. The molecule has 3 rings (SSSR count). The Bertz CT molecular complexity index is 973. The van der Waals surface area contributed by atoms with E-state index in [4.69, 9.17) is 14.2 Å². The Hall–Kier alpha value is -3.80. The van der Waals surface area contributed by atoms with Crippen LogP contribution in [0.2, 0.25) is 0 Å². The zero-order valence-corrected chi connectivity index (χ0v) is 18.5. The van der Waals surface area contributed by atoms with Crippen LogP contribution in [-0.2, 0) is 22.6 Å². The first-order chi connectivity index (χ1) is 15.5. The first-order valence-electron chi connectivity index (χ1n) is 10.3. The fourth-order valence-corrected chi connectivity index (χ4v) is 3.40. The van der Waals surface area contributed by atoms with E-state index in [9.17, 15) is 9.59 Å². The van der Waals surface area contributed by atoms with E-state index in [1.54, 1.807) is 30.0 Å². The molecule has 6 nitrogen and oxygen atoms in total. The highest BCUT2D eigenvalue weighted by Gasteiger charge is 2.28. The summed E-state index contributed by atoms with van der Waals surface area (Å²) in [4.78, 5) is 27.9. The lowest BCUT2D eigenvalue weighted by Crippen LogP contribution is -2.39. The van der Waals surface area contributed by atoms with Crippen LogP contribution in [0, 0.1) is 0 Å². The fraction of sp³-hybridized carbons (Fsp3) is 0.231. The zero-order valence-electron chi connectivity index (χ0n) is 18.5. The number of ether oxygens (including phenoxy) is 3. The van der Waals surface area contributed by atoms with Gasteiger partial charge in [-0.1, -0.05) is 66.7 Å². The first kappa shape index (κ1) is 22.9. The molecular formula is C26H27NO5. The van der Waals surface area contributed by atoms with E-state index in [0.717, 1.165) is 11.1 Å². The minimum absolute atomic E-state index is 0.148. The van der Waals surface area contributed by atoms with Crippen molar-refractivity contribution in [1.29, 1.82) is 0 Å². The van der Waals surface area contributed by atoms with Gasteiger partial charge < -0.3 is 19.1 Å². The number of carbonyl (C=O) groups excluding carboxylic acids is 2. The highest BCUT2D eigenvalue weighted by atomic mass is 16.6. The molecule has 0 radical (unpaired) electrons. The molecule has 3 aromatic rings. The van der Waals surface area contributed by atoms with Gasteiger partial charge in [-0.05, 0) is 30.2 Å². The summed E-state index contributed by atoms with van der Waals surface area (Å²) in [5.74, 6) is -0.335. The van der Waals surface area contributed by atoms with Gasteiger partial charge in [-0.2, -0.15) is 0 Å². The zero-order chi connectivity index (χ0) is 22.9. The summed E-state index contributed by atoms with van der Waals surface area (Å²) in [5.41, 5.74) is 2.12. The van der Waals surface area contributed by atoms with Crippen molar-refractivity contribution >= 4 is 11.9 Å². The van der Waals surface area contributed by atoms with Crippen LogP contribution in [0.25, 0.3) is 0 Å². The van der Waals surface area contributed by atoms with Crippen LogP contribution < -0.4 is 9.47 Å². The number of esters is 1. The Morgan fingerprint density at radius 3 is 1.66 bits per heavy atom. The van der Waals surface area contributed by atoms with Gasteiger partial charge in [0.1, 0.15) is 17.1 Å². The maximum absolute atomic E-state index is 13.3. The van der Waals surface area contributed by atoms with Gasteiger partial charge in [0, 0.05) is 13.1 Å². The van der Waals surface area contributed by atoms with Gasteiger partial charge >= 0.3 is 5.97 Å². The molecule has 0 unspecified atom stereocenters. The summed E-state index contributed by atoms with van der Waals surface area (Å²) < 4.78 is 16.1. The van der Waals surface area contributed by atoms with Crippen LogP contribution >= 0.6 is 0 Å². The van der Waals surface area contributed by atoms with Gasteiger partial charge in [0.2, 0.25) is 0 Å². The standard InChI is InChI=1S/C26H27NO5/c1-19(32-26(29)24-22(30-2)15-10-16-23(24)31-3)25(28)27(17-20-11-6-4-7-12-20)18-21-13-8-5-9-14-21/h4-16,19H,17-18H2,1-3H3/t19-/m0/s1. The molecule has 166 valence electrons. The number of rotatable bonds is 9. The van der Waals surface area contributed by atoms with E-state index in [1.807, 2.05) is 60.7 Å². The number of benzene rings is 3. The second-order valence-corrected chi connectivity index (χ2v) is 7.25. The Morgan fingerprint density at radius 2 is 1.22 bits per heavy atom. The molecule has 0 saturated carbocycles. The average Bonchev–Trinajstić information content (AvgIpc) is 2.83. The second-order valence-electron chi connectivity index (χ2n) is 7.25. The second kappa shape index (κ2) is 11.0. The molecule has 0 saturated heterocycles. The summed E-state index contributed by atoms with van der Waals surface area (Å²) in [5, 5.41) is 0. The molecule has 0 aliphatic carbocycles. The number of hydrogen-bond donors (Lipinski definition) is 0. The first-order valence-corrected chi connectivity index (χ1v) is 10.3. The largest absolute Gasteiger partial charge is 0.496 e. The maximum atomic E-state index is 13.3. The number of amides is 1. The van der Waals surface area contributed by atoms with Gasteiger partial charge in [0.05, 0.1) is 14.2 Å². The molecule has 0 heterocycles. The Balaban J connectivity index is 1.80. The molecule has 6 heteroatoms. The third kappa shape index (κ3) is 5.66. The van der Waals surface area contributed by atoms with Crippen LogP contribution in [0.1, 0.15) is 28.4 Å². The Labute approximate surface area is 188 Å². The monoisotopic (exact) mass is 433 g/mol. The Kier molecular flexibility index (Phi) is 7.86. The van der Waals surface area contributed by atoms with Crippen molar-refractivity contribution in [2.45, 2.75) is 26.1 Å². The molecule has 0 N–H and O–H groups in total. The molecular weight excluding hydrogens is 406 g/mol. The molecule has 0 aliphatic heterocycles. The predicted octanol–water partition coefficient (Wildman–Crippen LogP) is 4.48. The SMILES string of the molecule is COc1cccc(OC)c1C(=O)O[C@@H](C)C(=O)N(Cc1ccccc1)Cc1ccccc1.